The normalized spacial score (nSPS) is 18.2. The lowest BCUT2D eigenvalue weighted by molar-refractivity contribution is 0.102. The van der Waals surface area contributed by atoms with E-state index in [0.717, 1.165) is 36.8 Å². The fraction of sp³-hybridized carbons (Fsp3) is 0.500. The molecule has 2 N–H and O–H groups in total. The molecule has 1 aromatic carbocycles. The van der Waals surface area contributed by atoms with E-state index in [1.807, 2.05) is 31.3 Å². The standard InChI is InChI=1S/C18H25N5OS/c1-3-13-6-8-14(9-7-13)20-17(24)18-22-21-16(25-18)12-23-10-4-5-15(11-23)19-2/h6-9,15,19H,3-5,10-12H2,1-2H3,(H,20,24). The van der Waals surface area contributed by atoms with Crippen LogP contribution in [0.1, 0.15) is 40.1 Å². The van der Waals surface area contributed by atoms with E-state index in [1.165, 1.54) is 29.7 Å². The fourth-order valence-electron chi connectivity index (χ4n) is 3.04. The summed E-state index contributed by atoms with van der Waals surface area (Å²) < 4.78 is 0. The van der Waals surface area contributed by atoms with Crippen LogP contribution >= 0.6 is 11.3 Å². The number of nitrogens with one attached hydrogen (secondary N) is 2. The van der Waals surface area contributed by atoms with E-state index in [-0.39, 0.29) is 5.91 Å². The van der Waals surface area contributed by atoms with Gasteiger partial charge in [-0.05, 0) is 50.6 Å². The van der Waals surface area contributed by atoms with Crippen molar-refractivity contribution < 1.29 is 4.79 Å². The van der Waals surface area contributed by atoms with Crippen LogP contribution in [0.2, 0.25) is 0 Å². The molecule has 0 radical (unpaired) electrons. The molecule has 7 heteroatoms. The Morgan fingerprint density at radius 2 is 2.12 bits per heavy atom. The second-order valence-corrected chi connectivity index (χ2v) is 7.43. The van der Waals surface area contributed by atoms with Gasteiger partial charge in [-0.1, -0.05) is 30.4 Å². The van der Waals surface area contributed by atoms with Crippen LogP contribution in [-0.4, -0.2) is 47.2 Å². The van der Waals surface area contributed by atoms with Gasteiger partial charge in [0.25, 0.3) is 5.91 Å². The number of benzene rings is 1. The van der Waals surface area contributed by atoms with Gasteiger partial charge in [-0.3, -0.25) is 9.69 Å². The van der Waals surface area contributed by atoms with E-state index in [4.69, 9.17) is 0 Å². The van der Waals surface area contributed by atoms with E-state index >= 15 is 0 Å². The first-order chi connectivity index (χ1) is 12.2. The molecule has 3 rings (SSSR count). The van der Waals surface area contributed by atoms with Crippen LogP contribution in [0, 0.1) is 0 Å². The molecular formula is C18H25N5OS. The monoisotopic (exact) mass is 359 g/mol. The lowest BCUT2D eigenvalue weighted by Crippen LogP contribution is -2.43. The Bertz CT molecular complexity index is 700. The zero-order chi connectivity index (χ0) is 17.6. The van der Waals surface area contributed by atoms with Crippen molar-refractivity contribution in [2.45, 2.75) is 38.8 Å². The fourth-order valence-corrected chi connectivity index (χ4v) is 3.82. The summed E-state index contributed by atoms with van der Waals surface area (Å²) in [6, 6.07) is 8.43. The maximum Gasteiger partial charge on any atom is 0.286 e. The lowest BCUT2D eigenvalue weighted by atomic mass is 10.1. The molecule has 6 nitrogen and oxygen atoms in total. The summed E-state index contributed by atoms with van der Waals surface area (Å²) in [7, 11) is 2.01. The summed E-state index contributed by atoms with van der Waals surface area (Å²) in [5, 5.41) is 15.8. The summed E-state index contributed by atoms with van der Waals surface area (Å²) in [5.74, 6) is -0.195. The van der Waals surface area contributed by atoms with Gasteiger partial charge in [0, 0.05) is 18.3 Å². The Hall–Kier alpha value is -1.83. The molecule has 1 amide bonds. The van der Waals surface area contributed by atoms with Crippen LogP contribution < -0.4 is 10.6 Å². The van der Waals surface area contributed by atoms with Crippen molar-refractivity contribution in [2.24, 2.45) is 0 Å². The minimum Gasteiger partial charge on any atom is -0.320 e. The van der Waals surface area contributed by atoms with Crippen LogP contribution in [0.15, 0.2) is 24.3 Å². The van der Waals surface area contributed by atoms with Crippen molar-refractivity contribution in [1.82, 2.24) is 20.4 Å². The molecule has 0 aliphatic carbocycles. The number of aryl methyl sites for hydroxylation is 1. The second kappa shape index (κ2) is 8.51. The SMILES string of the molecule is CCc1ccc(NC(=O)c2nnc(CN3CCCC(NC)C3)s2)cc1. The number of carbonyl (C=O) groups is 1. The number of rotatable bonds is 6. The van der Waals surface area contributed by atoms with Gasteiger partial charge in [0.15, 0.2) is 0 Å². The van der Waals surface area contributed by atoms with Gasteiger partial charge in [-0.15, -0.1) is 10.2 Å². The largest absolute Gasteiger partial charge is 0.320 e. The highest BCUT2D eigenvalue weighted by Crippen LogP contribution is 2.18. The number of likely N-dealkylation sites (N-methyl/N-ethyl adjacent to an activating group) is 1. The third-order valence-corrected chi connectivity index (χ3v) is 5.46. The predicted octanol–water partition coefficient (Wildman–Crippen LogP) is 2.54. The number of amides is 1. The highest BCUT2D eigenvalue weighted by Gasteiger charge is 2.20. The van der Waals surface area contributed by atoms with Crippen LogP contribution in [0.3, 0.4) is 0 Å². The van der Waals surface area contributed by atoms with Crippen LogP contribution in [-0.2, 0) is 13.0 Å². The minimum atomic E-state index is -0.195. The van der Waals surface area contributed by atoms with Crippen molar-refractivity contribution in [3.05, 3.63) is 39.8 Å². The molecule has 2 aromatic rings. The maximum absolute atomic E-state index is 12.3. The summed E-state index contributed by atoms with van der Waals surface area (Å²) >= 11 is 1.37. The van der Waals surface area contributed by atoms with Gasteiger partial charge in [-0.2, -0.15) is 0 Å². The van der Waals surface area contributed by atoms with Gasteiger partial charge in [0.2, 0.25) is 5.01 Å². The van der Waals surface area contributed by atoms with Crippen molar-refractivity contribution in [3.63, 3.8) is 0 Å². The Labute approximate surface area is 152 Å². The Balaban J connectivity index is 1.57. The topological polar surface area (TPSA) is 70.2 Å². The Morgan fingerprint density at radius 3 is 2.84 bits per heavy atom. The van der Waals surface area contributed by atoms with E-state index < -0.39 is 0 Å². The van der Waals surface area contributed by atoms with Gasteiger partial charge in [0.1, 0.15) is 5.01 Å². The number of carbonyl (C=O) groups excluding carboxylic acids is 1. The molecular weight excluding hydrogens is 334 g/mol. The first kappa shape index (κ1) is 18.0. The third-order valence-electron chi connectivity index (χ3n) is 4.55. The predicted molar refractivity (Wildman–Crippen MR) is 101 cm³/mol. The Kier molecular flexibility index (Phi) is 6.12. The number of aromatic nitrogens is 2. The van der Waals surface area contributed by atoms with Gasteiger partial charge in [-0.25, -0.2) is 0 Å². The Morgan fingerprint density at radius 1 is 1.32 bits per heavy atom. The van der Waals surface area contributed by atoms with Crippen LogP contribution in [0.5, 0.6) is 0 Å². The van der Waals surface area contributed by atoms with E-state index in [2.05, 4.69) is 32.7 Å². The smallest absolute Gasteiger partial charge is 0.286 e. The van der Waals surface area contributed by atoms with E-state index in [0.29, 0.717) is 11.0 Å². The third kappa shape index (κ3) is 4.84. The second-order valence-electron chi connectivity index (χ2n) is 6.37. The highest BCUT2D eigenvalue weighted by atomic mass is 32.1. The molecule has 1 saturated heterocycles. The number of hydrogen-bond acceptors (Lipinski definition) is 6. The average molecular weight is 359 g/mol. The number of anilines is 1. The molecule has 1 aliphatic rings. The van der Waals surface area contributed by atoms with E-state index in [1.54, 1.807) is 0 Å². The molecule has 134 valence electrons. The zero-order valence-electron chi connectivity index (χ0n) is 14.8. The molecule has 1 aliphatic heterocycles. The average Bonchev–Trinajstić information content (AvgIpc) is 3.11. The summed E-state index contributed by atoms with van der Waals surface area (Å²) in [5.41, 5.74) is 2.03. The highest BCUT2D eigenvalue weighted by molar-refractivity contribution is 7.13. The molecule has 0 spiro atoms. The molecule has 1 fully saturated rings. The number of nitrogens with zero attached hydrogens (tertiary/aromatic N) is 3. The van der Waals surface area contributed by atoms with Crippen molar-refractivity contribution in [2.75, 3.05) is 25.5 Å². The maximum atomic E-state index is 12.3. The van der Waals surface area contributed by atoms with Gasteiger partial charge < -0.3 is 10.6 Å². The van der Waals surface area contributed by atoms with Crippen LogP contribution in [0.25, 0.3) is 0 Å². The first-order valence-electron chi connectivity index (χ1n) is 8.80. The van der Waals surface area contributed by atoms with Gasteiger partial charge in [0.05, 0.1) is 6.54 Å². The molecule has 0 bridgehead atoms. The van der Waals surface area contributed by atoms with Crippen LogP contribution in [0.4, 0.5) is 5.69 Å². The summed E-state index contributed by atoms with van der Waals surface area (Å²) in [6.07, 6.45) is 3.39. The van der Waals surface area contributed by atoms with E-state index in [9.17, 15) is 4.79 Å². The zero-order valence-corrected chi connectivity index (χ0v) is 15.6. The molecule has 0 saturated carbocycles. The number of likely N-dealkylation sites (tertiary alicyclic amines) is 1. The lowest BCUT2D eigenvalue weighted by Gasteiger charge is -2.31. The summed E-state index contributed by atoms with van der Waals surface area (Å²) in [6.45, 7) is 4.95. The molecule has 2 heterocycles. The number of hydrogen-bond donors (Lipinski definition) is 2. The van der Waals surface area contributed by atoms with Crippen molar-refractivity contribution in [3.8, 4) is 0 Å². The quantitative estimate of drug-likeness (QED) is 0.829. The number of piperidine rings is 1. The molecule has 25 heavy (non-hydrogen) atoms. The summed E-state index contributed by atoms with van der Waals surface area (Å²) in [4.78, 5) is 14.7. The first-order valence-corrected chi connectivity index (χ1v) is 9.62. The van der Waals surface area contributed by atoms with Crippen molar-refractivity contribution in [1.29, 1.82) is 0 Å². The molecule has 1 aromatic heterocycles. The van der Waals surface area contributed by atoms with Gasteiger partial charge >= 0.3 is 0 Å². The molecule has 1 unspecified atom stereocenters. The molecule has 1 atom stereocenters. The minimum absolute atomic E-state index is 0.195. The van der Waals surface area contributed by atoms with Crippen molar-refractivity contribution >= 4 is 22.9 Å².